The minimum absolute atomic E-state index is 0.0699. The van der Waals surface area contributed by atoms with E-state index < -0.39 is 0 Å². The monoisotopic (exact) mass is 296 g/mol. The lowest BCUT2D eigenvalue weighted by atomic mass is 10.2. The molecule has 2 heterocycles. The van der Waals surface area contributed by atoms with Crippen LogP contribution < -0.4 is 10.2 Å². The number of aromatic nitrogens is 2. The molecule has 22 heavy (non-hydrogen) atoms. The first-order valence-electron chi connectivity index (χ1n) is 7.68. The van der Waals surface area contributed by atoms with Crippen LogP contribution in [-0.2, 0) is 6.42 Å². The number of carbonyl (C=O) groups is 1. The second-order valence-electron chi connectivity index (χ2n) is 5.55. The van der Waals surface area contributed by atoms with Crippen molar-refractivity contribution in [3.8, 4) is 0 Å². The van der Waals surface area contributed by atoms with Crippen molar-refractivity contribution in [1.29, 1.82) is 0 Å². The Kier molecular flexibility index (Phi) is 4.04. The molecule has 1 aliphatic rings. The number of rotatable bonds is 4. The van der Waals surface area contributed by atoms with Crippen molar-refractivity contribution < 1.29 is 4.79 Å². The van der Waals surface area contributed by atoms with Gasteiger partial charge in [0.15, 0.2) is 0 Å². The van der Waals surface area contributed by atoms with Gasteiger partial charge < -0.3 is 10.2 Å². The number of nitrogens with one attached hydrogen (secondary N) is 1. The van der Waals surface area contributed by atoms with Crippen LogP contribution in [0.4, 0.5) is 11.6 Å². The first-order valence-corrected chi connectivity index (χ1v) is 7.68. The van der Waals surface area contributed by atoms with Gasteiger partial charge in [-0.15, -0.1) is 0 Å². The number of fused-ring (bicyclic) bond motifs is 1. The van der Waals surface area contributed by atoms with Crippen molar-refractivity contribution in [1.82, 2.24) is 9.97 Å². The van der Waals surface area contributed by atoms with Crippen LogP contribution in [0.2, 0.25) is 0 Å². The zero-order valence-corrected chi connectivity index (χ0v) is 12.9. The third-order valence-electron chi connectivity index (χ3n) is 3.99. The van der Waals surface area contributed by atoms with Gasteiger partial charge in [0.05, 0.1) is 0 Å². The maximum atomic E-state index is 12.7. The Morgan fingerprint density at radius 1 is 1.36 bits per heavy atom. The summed E-state index contributed by atoms with van der Waals surface area (Å²) in [6.45, 7) is 4.86. The van der Waals surface area contributed by atoms with Gasteiger partial charge in [0.2, 0.25) is 5.95 Å². The zero-order valence-electron chi connectivity index (χ0n) is 12.9. The smallest absolute Gasteiger partial charge is 0.277 e. The number of amides is 1. The summed E-state index contributed by atoms with van der Waals surface area (Å²) in [5, 5.41) is 3.20. The van der Waals surface area contributed by atoms with E-state index in [2.05, 4.69) is 35.2 Å². The van der Waals surface area contributed by atoms with Gasteiger partial charge in [-0.2, -0.15) is 0 Å². The molecule has 1 unspecified atom stereocenters. The molecule has 0 saturated heterocycles. The molecule has 1 atom stereocenters. The van der Waals surface area contributed by atoms with Gasteiger partial charge >= 0.3 is 0 Å². The standard InChI is InChI=1S/C17H20N4O/c1-3-12(2)19-17-18-10-8-14(20-17)16(22)21-11-9-13-6-4-5-7-15(13)21/h4-8,10,12H,3,9,11H2,1-2H3,(H,18,19,20). The highest BCUT2D eigenvalue weighted by molar-refractivity contribution is 6.06. The lowest BCUT2D eigenvalue weighted by Gasteiger charge is -2.17. The van der Waals surface area contributed by atoms with Crippen LogP contribution in [0.25, 0.3) is 0 Å². The minimum atomic E-state index is -0.0699. The Balaban J connectivity index is 1.83. The van der Waals surface area contributed by atoms with Crippen molar-refractivity contribution in [2.24, 2.45) is 0 Å². The fourth-order valence-electron chi connectivity index (χ4n) is 2.56. The predicted molar refractivity (Wildman–Crippen MR) is 87.2 cm³/mol. The van der Waals surface area contributed by atoms with Crippen LogP contribution in [-0.4, -0.2) is 28.5 Å². The Labute approximate surface area is 130 Å². The fraction of sp³-hybridized carbons (Fsp3) is 0.353. The number of anilines is 2. The second kappa shape index (κ2) is 6.13. The van der Waals surface area contributed by atoms with Crippen LogP contribution in [0.1, 0.15) is 36.3 Å². The molecule has 0 aliphatic carbocycles. The van der Waals surface area contributed by atoms with E-state index in [9.17, 15) is 4.79 Å². The lowest BCUT2D eigenvalue weighted by molar-refractivity contribution is 0.0984. The summed E-state index contributed by atoms with van der Waals surface area (Å²) in [6.07, 6.45) is 3.50. The number of carbonyl (C=O) groups excluding carboxylic acids is 1. The molecule has 0 radical (unpaired) electrons. The Morgan fingerprint density at radius 2 is 2.18 bits per heavy atom. The maximum absolute atomic E-state index is 12.7. The van der Waals surface area contributed by atoms with E-state index in [-0.39, 0.29) is 11.9 Å². The molecule has 1 N–H and O–H groups in total. The SMILES string of the molecule is CCC(C)Nc1nccc(C(=O)N2CCc3ccccc32)n1. The topological polar surface area (TPSA) is 58.1 Å². The first kappa shape index (κ1) is 14.5. The summed E-state index contributed by atoms with van der Waals surface area (Å²) >= 11 is 0. The molecule has 3 rings (SSSR count). The van der Waals surface area contributed by atoms with E-state index in [1.54, 1.807) is 17.2 Å². The highest BCUT2D eigenvalue weighted by atomic mass is 16.2. The van der Waals surface area contributed by atoms with E-state index in [1.165, 1.54) is 5.56 Å². The van der Waals surface area contributed by atoms with Gasteiger partial charge in [0.25, 0.3) is 5.91 Å². The van der Waals surface area contributed by atoms with Gasteiger partial charge in [-0.25, -0.2) is 9.97 Å². The van der Waals surface area contributed by atoms with Crippen molar-refractivity contribution in [2.75, 3.05) is 16.8 Å². The summed E-state index contributed by atoms with van der Waals surface area (Å²) in [5.74, 6) is 0.437. The summed E-state index contributed by atoms with van der Waals surface area (Å²) in [6, 6.07) is 9.97. The number of nitrogens with zero attached hydrogens (tertiary/aromatic N) is 3. The predicted octanol–water partition coefficient (Wildman–Crippen LogP) is 2.89. The average Bonchev–Trinajstić information content (AvgIpc) is 2.98. The molecule has 5 nitrogen and oxygen atoms in total. The highest BCUT2D eigenvalue weighted by Gasteiger charge is 2.26. The van der Waals surface area contributed by atoms with Crippen LogP contribution in [0, 0.1) is 0 Å². The quantitative estimate of drug-likeness (QED) is 0.942. The van der Waals surface area contributed by atoms with E-state index in [0.717, 1.165) is 18.5 Å². The van der Waals surface area contributed by atoms with Gasteiger partial charge in [0, 0.05) is 24.5 Å². The third-order valence-corrected chi connectivity index (χ3v) is 3.99. The van der Waals surface area contributed by atoms with Crippen molar-refractivity contribution in [3.05, 3.63) is 47.8 Å². The number of para-hydroxylation sites is 1. The number of hydrogen-bond donors (Lipinski definition) is 1. The molecule has 0 spiro atoms. The molecule has 2 aromatic rings. The van der Waals surface area contributed by atoms with Crippen molar-refractivity contribution in [2.45, 2.75) is 32.7 Å². The van der Waals surface area contributed by atoms with Crippen LogP contribution in [0.15, 0.2) is 36.5 Å². The molecule has 0 bridgehead atoms. The molecular weight excluding hydrogens is 276 g/mol. The van der Waals surface area contributed by atoms with E-state index in [4.69, 9.17) is 0 Å². The fourth-order valence-corrected chi connectivity index (χ4v) is 2.56. The van der Waals surface area contributed by atoms with Gasteiger partial charge in [-0.1, -0.05) is 25.1 Å². The van der Waals surface area contributed by atoms with E-state index >= 15 is 0 Å². The summed E-state index contributed by atoms with van der Waals surface area (Å²) in [4.78, 5) is 23.1. The lowest BCUT2D eigenvalue weighted by Crippen LogP contribution is -2.30. The Hall–Kier alpha value is -2.43. The third kappa shape index (κ3) is 2.79. The van der Waals surface area contributed by atoms with Gasteiger partial charge in [-0.3, -0.25) is 4.79 Å². The molecule has 5 heteroatoms. The number of benzene rings is 1. The Bertz CT molecular complexity index is 686. The number of hydrogen-bond acceptors (Lipinski definition) is 4. The van der Waals surface area contributed by atoms with Crippen molar-refractivity contribution >= 4 is 17.5 Å². The molecular formula is C17H20N4O. The molecule has 114 valence electrons. The minimum Gasteiger partial charge on any atom is -0.352 e. The van der Waals surface area contributed by atoms with Gasteiger partial charge in [-0.05, 0) is 37.5 Å². The molecule has 1 amide bonds. The van der Waals surface area contributed by atoms with Crippen LogP contribution in [0.3, 0.4) is 0 Å². The average molecular weight is 296 g/mol. The molecule has 0 fully saturated rings. The summed E-state index contributed by atoms with van der Waals surface area (Å²) < 4.78 is 0. The molecule has 1 aromatic carbocycles. The highest BCUT2D eigenvalue weighted by Crippen LogP contribution is 2.28. The Morgan fingerprint density at radius 3 is 3.00 bits per heavy atom. The van der Waals surface area contributed by atoms with Gasteiger partial charge in [0.1, 0.15) is 5.69 Å². The normalized spacial score (nSPS) is 14.5. The van der Waals surface area contributed by atoms with Crippen LogP contribution in [0.5, 0.6) is 0 Å². The van der Waals surface area contributed by atoms with E-state index in [1.807, 2.05) is 18.2 Å². The van der Waals surface area contributed by atoms with Crippen LogP contribution >= 0.6 is 0 Å². The largest absolute Gasteiger partial charge is 0.352 e. The van der Waals surface area contributed by atoms with E-state index in [0.29, 0.717) is 18.2 Å². The molecule has 1 aliphatic heterocycles. The van der Waals surface area contributed by atoms with Crippen molar-refractivity contribution in [3.63, 3.8) is 0 Å². The maximum Gasteiger partial charge on any atom is 0.277 e. The second-order valence-corrected chi connectivity index (χ2v) is 5.55. The summed E-state index contributed by atoms with van der Waals surface area (Å²) in [5.41, 5.74) is 2.63. The molecule has 0 saturated carbocycles. The zero-order chi connectivity index (χ0) is 15.5. The summed E-state index contributed by atoms with van der Waals surface area (Å²) in [7, 11) is 0. The first-order chi connectivity index (χ1) is 10.7. The molecule has 1 aromatic heterocycles.